The fourth-order valence-corrected chi connectivity index (χ4v) is 4.00. The van der Waals surface area contributed by atoms with E-state index in [1.54, 1.807) is 11.3 Å². The number of nitrogens with two attached hydrogens (primary N) is 1. The fraction of sp³-hybridized carbons (Fsp3) is 0.462. The lowest BCUT2D eigenvalue weighted by Crippen LogP contribution is -2.38. The number of benzene rings is 1. The summed E-state index contributed by atoms with van der Waals surface area (Å²) in [5.41, 5.74) is 7.36. The molecule has 1 aromatic heterocycles. The van der Waals surface area contributed by atoms with Crippen molar-refractivity contribution in [1.29, 1.82) is 0 Å². The molecule has 0 atom stereocenters. The van der Waals surface area contributed by atoms with Gasteiger partial charge in [0, 0.05) is 12.0 Å². The molecule has 0 bridgehead atoms. The summed E-state index contributed by atoms with van der Waals surface area (Å²) in [5.74, 6) is 0. The van der Waals surface area contributed by atoms with Crippen molar-refractivity contribution in [2.75, 3.05) is 0 Å². The molecule has 1 aliphatic rings. The molecule has 0 amide bonds. The summed E-state index contributed by atoms with van der Waals surface area (Å²) in [6.45, 7) is 0. The van der Waals surface area contributed by atoms with Crippen LogP contribution in [-0.4, -0.2) is 10.5 Å². The van der Waals surface area contributed by atoms with E-state index in [1.807, 2.05) is 18.2 Å². The highest BCUT2D eigenvalue weighted by Crippen LogP contribution is 2.34. The molecule has 1 fully saturated rings. The smallest absolute Gasteiger partial charge is 0.0957 e. The van der Waals surface area contributed by atoms with Crippen molar-refractivity contribution in [3.8, 4) is 0 Å². The molecule has 17 heavy (non-hydrogen) atoms. The molecule has 1 heterocycles. The molecule has 0 radical (unpaired) electrons. The lowest BCUT2D eigenvalue weighted by molar-refractivity contribution is 0.436. The molecule has 3 rings (SSSR count). The standard InChI is InChI=1S/C13H15ClN2S/c14-9-4-3-5-10-12(9)17-11(16-10)8-13(15)6-1-2-7-13/h3-5H,1-2,6-8,15H2. The number of hydrogen-bond acceptors (Lipinski definition) is 3. The third kappa shape index (κ3) is 2.19. The second-order valence-electron chi connectivity index (χ2n) is 4.94. The van der Waals surface area contributed by atoms with E-state index < -0.39 is 0 Å². The van der Waals surface area contributed by atoms with E-state index in [9.17, 15) is 0 Å². The van der Waals surface area contributed by atoms with Crippen LogP contribution in [-0.2, 0) is 6.42 Å². The van der Waals surface area contributed by atoms with Gasteiger partial charge in [0.05, 0.1) is 20.2 Å². The van der Waals surface area contributed by atoms with Crippen LogP contribution in [0.3, 0.4) is 0 Å². The highest BCUT2D eigenvalue weighted by Gasteiger charge is 2.30. The minimum absolute atomic E-state index is 0.0274. The lowest BCUT2D eigenvalue weighted by Gasteiger charge is -2.21. The average Bonchev–Trinajstić information content (AvgIpc) is 2.86. The zero-order valence-corrected chi connectivity index (χ0v) is 11.2. The first kappa shape index (κ1) is 11.5. The van der Waals surface area contributed by atoms with Gasteiger partial charge in [0.1, 0.15) is 0 Å². The molecule has 2 N–H and O–H groups in total. The van der Waals surface area contributed by atoms with E-state index in [1.165, 1.54) is 12.8 Å². The highest BCUT2D eigenvalue weighted by molar-refractivity contribution is 7.19. The number of hydrogen-bond donors (Lipinski definition) is 1. The van der Waals surface area contributed by atoms with Crippen molar-refractivity contribution in [2.24, 2.45) is 5.73 Å². The Kier molecular flexibility index (Phi) is 2.85. The van der Waals surface area contributed by atoms with Crippen LogP contribution in [0, 0.1) is 0 Å². The van der Waals surface area contributed by atoms with Crippen molar-refractivity contribution in [2.45, 2.75) is 37.6 Å². The van der Waals surface area contributed by atoms with E-state index in [0.29, 0.717) is 0 Å². The van der Waals surface area contributed by atoms with E-state index in [-0.39, 0.29) is 5.54 Å². The number of halogens is 1. The Hall–Kier alpha value is -0.640. The summed E-state index contributed by atoms with van der Waals surface area (Å²) >= 11 is 7.85. The van der Waals surface area contributed by atoms with Crippen molar-refractivity contribution < 1.29 is 0 Å². The molecule has 0 aliphatic heterocycles. The first-order valence-corrected chi connectivity index (χ1v) is 7.19. The van der Waals surface area contributed by atoms with Gasteiger partial charge in [0.2, 0.25) is 0 Å². The van der Waals surface area contributed by atoms with Gasteiger partial charge >= 0.3 is 0 Å². The number of nitrogens with zero attached hydrogens (tertiary/aromatic N) is 1. The van der Waals surface area contributed by atoms with Gasteiger partial charge in [-0.2, -0.15) is 0 Å². The maximum atomic E-state index is 6.38. The number of aromatic nitrogens is 1. The average molecular weight is 267 g/mol. The number of thiazole rings is 1. The maximum absolute atomic E-state index is 6.38. The van der Waals surface area contributed by atoms with Crippen LogP contribution in [0.2, 0.25) is 5.02 Å². The summed E-state index contributed by atoms with van der Waals surface area (Å²) in [7, 11) is 0. The monoisotopic (exact) mass is 266 g/mol. The van der Waals surface area contributed by atoms with Crippen molar-refractivity contribution in [3.05, 3.63) is 28.2 Å². The Bertz CT molecular complexity index is 543. The summed E-state index contributed by atoms with van der Waals surface area (Å²) in [6.07, 6.45) is 5.64. The van der Waals surface area contributed by atoms with Crippen LogP contribution in [0.15, 0.2) is 18.2 Å². The Labute approximate surface area is 110 Å². The van der Waals surface area contributed by atoms with Gasteiger partial charge in [0.15, 0.2) is 0 Å². The molecule has 4 heteroatoms. The molecule has 0 saturated heterocycles. The van der Waals surface area contributed by atoms with Crippen molar-refractivity contribution in [3.63, 3.8) is 0 Å². The first-order valence-electron chi connectivity index (χ1n) is 5.99. The van der Waals surface area contributed by atoms with E-state index >= 15 is 0 Å². The quantitative estimate of drug-likeness (QED) is 0.899. The summed E-state index contributed by atoms with van der Waals surface area (Å²) in [5, 5.41) is 1.92. The number of rotatable bonds is 2. The van der Waals surface area contributed by atoms with E-state index in [4.69, 9.17) is 17.3 Å². The molecular formula is C13H15ClN2S. The van der Waals surface area contributed by atoms with Crippen LogP contribution < -0.4 is 5.73 Å². The highest BCUT2D eigenvalue weighted by atomic mass is 35.5. The Morgan fingerprint density at radius 3 is 2.82 bits per heavy atom. The topological polar surface area (TPSA) is 38.9 Å². The zero-order valence-electron chi connectivity index (χ0n) is 9.58. The van der Waals surface area contributed by atoms with Gasteiger partial charge in [0.25, 0.3) is 0 Å². The second-order valence-corrected chi connectivity index (χ2v) is 6.43. The second kappa shape index (κ2) is 4.23. The maximum Gasteiger partial charge on any atom is 0.0957 e. The molecule has 90 valence electrons. The van der Waals surface area contributed by atoms with Gasteiger partial charge in [-0.1, -0.05) is 30.5 Å². The largest absolute Gasteiger partial charge is 0.325 e. The van der Waals surface area contributed by atoms with Crippen molar-refractivity contribution in [1.82, 2.24) is 4.98 Å². The molecule has 1 aromatic carbocycles. The molecule has 0 unspecified atom stereocenters. The fourth-order valence-electron chi connectivity index (χ4n) is 2.59. The molecule has 2 nitrogen and oxygen atoms in total. The Morgan fingerprint density at radius 1 is 1.35 bits per heavy atom. The van der Waals surface area contributed by atoms with Crippen LogP contribution in [0.1, 0.15) is 30.7 Å². The third-order valence-corrected chi connectivity index (χ3v) is 5.05. The number of fused-ring (bicyclic) bond motifs is 1. The Balaban J connectivity index is 1.93. The van der Waals surface area contributed by atoms with Crippen molar-refractivity contribution >= 4 is 33.2 Å². The van der Waals surface area contributed by atoms with Gasteiger partial charge < -0.3 is 5.73 Å². The van der Waals surface area contributed by atoms with E-state index in [2.05, 4.69) is 4.98 Å². The predicted molar refractivity (Wildman–Crippen MR) is 73.7 cm³/mol. The molecule has 1 saturated carbocycles. The molecule has 0 spiro atoms. The third-order valence-electron chi connectivity index (χ3n) is 3.51. The van der Waals surface area contributed by atoms with Crippen LogP contribution in [0.5, 0.6) is 0 Å². The summed E-state index contributed by atoms with van der Waals surface area (Å²) < 4.78 is 1.09. The molecular weight excluding hydrogens is 252 g/mol. The van der Waals surface area contributed by atoms with Crippen LogP contribution >= 0.6 is 22.9 Å². The van der Waals surface area contributed by atoms with Gasteiger partial charge in [-0.25, -0.2) is 4.98 Å². The normalized spacial score (nSPS) is 18.9. The predicted octanol–water partition coefficient (Wildman–Crippen LogP) is 3.76. The van der Waals surface area contributed by atoms with Crippen LogP contribution in [0.25, 0.3) is 10.2 Å². The molecule has 1 aliphatic carbocycles. The zero-order chi connectivity index (χ0) is 11.9. The Morgan fingerprint density at radius 2 is 2.12 bits per heavy atom. The van der Waals surface area contributed by atoms with E-state index in [0.717, 1.165) is 39.5 Å². The van der Waals surface area contributed by atoms with Crippen LogP contribution in [0.4, 0.5) is 0 Å². The SMILES string of the molecule is NC1(Cc2nc3cccc(Cl)c3s2)CCCC1. The summed E-state index contributed by atoms with van der Waals surface area (Å²) in [6, 6.07) is 5.88. The summed E-state index contributed by atoms with van der Waals surface area (Å²) in [4.78, 5) is 4.64. The minimum atomic E-state index is -0.0274. The minimum Gasteiger partial charge on any atom is -0.325 e. The van der Waals surface area contributed by atoms with Gasteiger partial charge in [-0.05, 0) is 25.0 Å². The van der Waals surface area contributed by atoms with Gasteiger partial charge in [-0.15, -0.1) is 11.3 Å². The molecule has 2 aromatic rings. The van der Waals surface area contributed by atoms with Gasteiger partial charge in [-0.3, -0.25) is 0 Å². The lowest BCUT2D eigenvalue weighted by atomic mass is 9.95. The first-order chi connectivity index (χ1) is 8.16.